The van der Waals surface area contributed by atoms with Crippen LogP contribution in [0.5, 0.6) is 0 Å². The van der Waals surface area contributed by atoms with Crippen molar-refractivity contribution in [3.05, 3.63) is 33.4 Å². The number of amides is 1. The smallest absolute Gasteiger partial charge is 0.253 e. The Morgan fingerprint density at radius 2 is 2.29 bits per heavy atom. The van der Waals surface area contributed by atoms with Gasteiger partial charge in [0.2, 0.25) is 0 Å². The number of carbonyl (C=O) groups excluding carboxylic acids is 1. The molecular weight excluding hydrogens is 351 g/mol. The Labute approximate surface area is 122 Å². The lowest BCUT2D eigenvalue weighted by molar-refractivity contribution is 0.0743. The molecule has 94 valence electrons. The number of halogens is 2. The molecule has 1 saturated heterocycles. The summed E-state index contributed by atoms with van der Waals surface area (Å²) in [6.45, 7) is 1.92. The monoisotopic (exact) mass is 366 g/mol. The van der Waals surface area contributed by atoms with Crippen LogP contribution in [0.3, 0.4) is 0 Å². The number of hydrogen-bond acceptors (Lipinski definition) is 2. The van der Waals surface area contributed by atoms with Crippen molar-refractivity contribution in [2.24, 2.45) is 0 Å². The zero-order valence-corrected chi connectivity index (χ0v) is 12.6. The highest BCUT2D eigenvalue weighted by Crippen LogP contribution is 2.13. The van der Waals surface area contributed by atoms with Gasteiger partial charge in [-0.15, -0.1) is 12.4 Å². The molecule has 17 heavy (non-hydrogen) atoms. The maximum atomic E-state index is 12.2. The molecule has 1 heterocycles. The summed E-state index contributed by atoms with van der Waals surface area (Å²) in [4.78, 5) is 14.0. The number of rotatable bonds is 2. The van der Waals surface area contributed by atoms with E-state index in [0.29, 0.717) is 6.04 Å². The molecule has 1 unspecified atom stereocenters. The van der Waals surface area contributed by atoms with Crippen LogP contribution in [0.25, 0.3) is 0 Å². The fourth-order valence-electron chi connectivity index (χ4n) is 1.96. The second kappa shape index (κ2) is 6.56. The van der Waals surface area contributed by atoms with E-state index in [9.17, 15) is 4.79 Å². The fraction of sp³-hybridized carbons (Fsp3) is 0.417. The number of hydrogen-bond donors (Lipinski definition) is 1. The molecule has 3 nitrogen and oxygen atoms in total. The summed E-state index contributed by atoms with van der Waals surface area (Å²) in [6, 6.07) is 8.07. The van der Waals surface area contributed by atoms with E-state index >= 15 is 0 Å². The molecule has 1 amide bonds. The van der Waals surface area contributed by atoms with E-state index < -0.39 is 0 Å². The maximum absolute atomic E-state index is 12.2. The van der Waals surface area contributed by atoms with Gasteiger partial charge in [-0.3, -0.25) is 4.79 Å². The van der Waals surface area contributed by atoms with Gasteiger partial charge in [-0.1, -0.05) is 6.07 Å². The Balaban J connectivity index is 0.00000144. The van der Waals surface area contributed by atoms with Gasteiger partial charge in [0.25, 0.3) is 5.91 Å². The van der Waals surface area contributed by atoms with E-state index in [1.165, 1.54) is 0 Å². The zero-order valence-electron chi connectivity index (χ0n) is 9.65. The summed E-state index contributed by atoms with van der Waals surface area (Å²) >= 11 is 2.23. The minimum absolute atomic E-state index is 0. The molecule has 1 aromatic carbocycles. The number of benzene rings is 1. The van der Waals surface area contributed by atoms with E-state index in [1.807, 2.05) is 36.2 Å². The first-order valence-corrected chi connectivity index (χ1v) is 6.50. The van der Waals surface area contributed by atoms with Crippen molar-refractivity contribution in [3.63, 3.8) is 0 Å². The Hall–Kier alpha value is -0.330. The molecule has 2 rings (SSSR count). The van der Waals surface area contributed by atoms with Gasteiger partial charge < -0.3 is 10.2 Å². The van der Waals surface area contributed by atoms with Crippen LogP contribution in [0.4, 0.5) is 0 Å². The number of likely N-dealkylation sites (N-methyl/N-ethyl adjacent to an activating group) is 1. The van der Waals surface area contributed by atoms with Gasteiger partial charge in [-0.05, 0) is 53.8 Å². The number of carbonyl (C=O) groups is 1. The second-order valence-corrected chi connectivity index (χ2v) is 5.32. The number of nitrogens with one attached hydrogen (secondary N) is 1. The molecule has 5 heteroatoms. The highest BCUT2D eigenvalue weighted by molar-refractivity contribution is 14.1. The normalized spacial score (nSPS) is 18.6. The molecule has 0 spiro atoms. The molecule has 1 aliphatic rings. The Morgan fingerprint density at radius 3 is 2.88 bits per heavy atom. The van der Waals surface area contributed by atoms with E-state index in [1.54, 1.807) is 0 Å². The van der Waals surface area contributed by atoms with Crippen LogP contribution in [0, 0.1) is 3.57 Å². The van der Waals surface area contributed by atoms with Crippen LogP contribution in [-0.2, 0) is 0 Å². The Bertz CT molecular complexity index is 394. The first kappa shape index (κ1) is 14.7. The lowest BCUT2D eigenvalue weighted by atomic mass is 10.1. The van der Waals surface area contributed by atoms with E-state index in [0.717, 1.165) is 28.6 Å². The molecule has 0 radical (unpaired) electrons. The third kappa shape index (κ3) is 3.56. The topological polar surface area (TPSA) is 32.3 Å². The summed E-state index contributed by atoms with van der Waals surface area (Å²) in [5.74, 6) is 0.118. The fourth-order valence-corrected chi connectivity index (χ4v) is 2.50. The summed E-state index contributed by atoms with van der Waals surface area (Å²) < 4.78 is 1.10. The lowest BCUT2D eigenvalue weighted by Crippen LogP contribution is -2.38. The van der Waals surface area contributed by atoms with Crippen LogP contribution in [0.1, 0.15) is 16.8 Å². The summed E-state index contributed by atoms with van der Waals surface area (Å²) in [6.07, 6.45) is 1.05. The van der Waals surface area contributed by atoms with Gasteiger partial charge in [-0.25, -0.2) is 0 Å². The SMILES string of the molecule is CN(C(=O)c1cccc(I)c1)C1CCNC1.Cl. The molecule has 1 N–H and O–H groups in total. The molecule has 1 atom stereocenters. The summed E-state index contributed by atoms with van der Waals surface area (Å²) in [5.41, 5.74) is 0.779. The first-order chi connectivity index (χ1) is 7.68. The van der Waals surface area contributed by atoms with Crippen molar-refractivity contribution in [2.75, 3.05) is 20.1 Å². The summed E-state index contributed by atoms with van der Waals surface area (Å²) in [5, 5.41) is 3.28. The molecule has 1 fully saturated rings. The first-order valence-electron chi connectivity index (χ1n) is 5.42. The van der Waals surface area contributed by atoms with Crippen molar-refractivity contribution in [3.8, 4) is 0 Å². The molecule has 1 aliphatic heterocycles. The standard InChI is InChI=1S/C12H15IN2O.ClH/c1-15(11-5-6-14-8-11)12(16)9-3-2-4-10(13)7-9;/h2-4,7,11,14H,5-6,8H2,1H3;1H. The molecule has 0 aliphatic carbocycles. The van der Waals surface area contributed by atoms with Gasteiger partial charge in [0.1, 0.15) is 0 Å². The van der Waals surface area contributed by atoms with E-state index in [2.05, 4.69) is 27.9 Å². The predicted molar refractivity (Wildman–Crippen MR) is 79.8 cm³/mol. The van der Waals surface area contributed by atoms with Crippen molar-refractivity contribution < 1.29 is 4.79 Å². The maximum Gasteiger partial charge on any atom is 0.253 e. The largest absolute Gasteiger partial charge is 0.337 e. The van der Waals surface area contributed by atoms with Gasteiger partial charge in [0, 0.05) is 28.8 Å². The summed E-state index contributed by atoms with van der Waals surface area (Å²) in [7, 11) is 1.89. The lowest BCUT2D eigenvalue weighted by Gasteiger charge is -2.23. The molecule has 1 aromatic rings. The van der Waals surface area contributed by atoms with E-state index in [-0.39, 0.29) is 18.3 Å². The van der Waals surface area contributed by atoms with Crippen LogP contribution in [0.15, 0.2) is 24.3 Å². The second-order valence-electron chi connectivity index (χ2n) is 4.07. The highest BCUT2D eigenvalue weighted by Gasteiger charge is 2.23. The van der Waals surface area contributed by atoms with Crippen molar-refractivity contribution in [1.82, 2.24) is 10.2 Å². The average Bonchev–Trinajstić information content (AvgIpc) is 2.80. The number of nitrogens with zero attached hydrogens (tertiary/aromatic N) is 1. The third-order valence-electron chi connectivity index (χ3n) is 2.97. The van der Waals surface area contributed by atoms with Crippen LogP contribution in [-0.4, -0.2) is 37.0 Å². The van der Waals surface area contributed by atoms with Crippen molar-refractivity contribution in [2.45, 2.75) is 12.5 Å². The zero-order chi connectivity index (χ0) is 11.5. The van der Waals surface area contributed by atoms with Crippen molar-refractivity contribution in [1.29, 1.82) is 0 Å². The van der Waals surface area contributed by atoms with Crippen LogP contribution in [0.2, 0.25) is 0 Å². The Kier molecular flexibility index (Phi) is 5.69. The minimum Gasteiger partial charge on any atom is -0.337 e. The van der Waals surface area contributed by atoms with Gasteiger partial charge in [-0.2, -0.15) is 0 Å². The van der Waals surface area contributed by atoms with E-state index in [4.69, 9.17) is 0 Å². The molecule has 0 aromatic heterocycles. The highest BCUT2D eigenvalue weighted by atomic mass is 127. The Morgan fingerprint density at radius 1 is 1.53 bits per heavy atom. The van der Waals surface area contributed by atoms with Gasteiger partial charge >= 0.3 is 0 Å². The molecule has 0 bridgehead atoms. The van der Waals surface area contributed by atoms with Crippen molar-refractivity contribution >= 4 is 40.9 Å². The van der Waals surface area contributed by atoms with Crippen LogP contribution >= 0.6 is 35.0 Å². The van der Waals surface area contributed by atoms with Crippen LogP contribution < -0.4 is 5.32 Å². The quantitative estimate of drug-likeness (QED) is 0.814. The molecule has 0 saturated carbocycles. The van der Waals surface area contributed by atoms with Gasteiger partial charge in [0.15, 0.2) is 0 Å². The predicted octanol–water partition coefficient (Wildman–Crippen LogP) is 2.15. The molecular formula is C12H16ClIN2O. The minimum atomic E-state index is 0. The average molecular weight is 367 g/mol. The third-order valence-corrected chi connectivity index (χ3v) is 3.64. The van der Waals surface area contributed by atoms with Gasteiger partial charge in [0.05, 0.1) is 0 Å².